The second-order valence-electron chi connectivity index (χ2n) is 3.32. The molecule has 0 aliphatic carbocycles. The van der Waals surface area contributed by atoms with Gasteiger partial charge in [0.25, 0.3) is 0 Å². The van der Waals surface area contributed by atoms with Crippen LogP contribution in [-0.2, 0) is 19.8 Å². The quantitative estimate of drug-likeness (QED) is 0.122. The summed E-state index contributed by atoms with van der Waals surface area (Å²) in [6.45, 7) is -0.760. The van der Waals surface area contributed by atoms with E-state index in [-0.39, 0.29) is 6.29 Å². The van der Waals surface area contributed by atoms with Crippen molar-refractivity contribution in [1.29, 1.82) is 0 Å². The van der Waals surface area contributed by atoms with Gasteiger partial charge in [0.15, 0.2) is 6.29 Å². The topological polar surface area (TPSA) is 271 Å². The molecule has 4 unspecified atom stereocenters. The first-order valence-corrected chi connectivity index (χ1v) is 7.77. The van der Waals surface area contributed by atoms with Crippen LogP contribution in [0.5, 0.6) is 0 Å². The molecule has 16 heteroatoms. The fraction of sp³-hybridized carbons (Fsp3) is 0.833. The van der Waals surface area contributed by atoms with Crippen LogP contribution in [0.4, 0.5) is 0 Å². The van der Waals surface area contributed by atoms with E-state index >= 15 is 0 Å². The molecule has 0 fully saturated rings. The van der Waals surface area contributed by atoms with E-state index in [4.69, 9.17) is 62.3 Å². The number of hydrogen-bond acceptors (Lipinski definition) is 9. The Bertz CT molecular complexity index is 412. The number of carbonyl (C=O) groups excluding carboxylic acids is 1. The van der Waals surface area contributed by atoms with Crippen LogP contribution >= 0.6 is 7.82 Å². The summed E-state index contributed by atoms with van der Waals surface area (Å²) < 4.78 is 40.5. The summed E-state index contributed by atoms with van der Waals surface area (Å²) in [4.78, 5) is 31.5. The van der Waals surface area contributed by atoms with E-state index < -0.39 is 49.2 Å². The molecule has 0 spiro atoms. The maximum atomic E-state index is 9.90. The van der Waals surface area contributed by atoms with Crippen molar-refractivity contribution in [2.24, 2.45) is 0 Å². The third-order valence-electron chi connectivity index (χ3n) is 1.42. The third-order valence-corrected chi connectivity index (χ3v) is 1.42. The highest BCUT2D eigenvalue weighted by Gasteiger charge is 2.29. The highest BCUT2D eigenvalue weighted by atomic mass is 32.3. The van der Waals surface area contributed by atoms with Crippen molar-refractivity contribution in [1.82, 2.24) is 0 Å². The van der Waals surface area contributed by atoms with Crippen molar-refractivity contribution >= 4 is 24.5 Å². The molecule has 4 atom stereocenters. The Labute approximate surface area is 123 Å². The molecule has 0 aliphatic rings. The molecule has 22 heavy (non-hydrogen) atoms. The molecule has 0 heterocycles. The van der Waals surface area contributed by atoms with Gasteiger partial charge in [0, 0.05) is 0 Å². The van der Waals surface area contributed by atoms with Gasteiger partial charge in [-0.2, -0.15) is 8.42 Å². The molecule has 10 N–H and O–H groups in total. The normalized spacial score (nSPS) is 16.8. The number of aldehydes is 1. The first-order chi connectivity index (χ1) is 9.54. The minimum Gasteiger partial charge on any atom is -0.394 e. The van der Waals surface area contributed by atoms with E-state index in [1.54, 1.807) is 0 Å². The second-order valence-corrected chi connectivity index (χ2v) is 5.24. The van der Waals surface area contributed by atoms with E-state index in [1.165, 1.54) is 0 Å². The largest absolute Gasteiger partial charge is 0.466 e. The zero-order valence-electron chi connectivity index (χ0n) is 10.6. The molecule has 136 valence electrons. The summed E-state index contributed by atoms with van der Waals surface area (Å²) in [6, 6.07) is 0. The van der Waals surface area contributed by atoms with E-state index in [0.29, 0.717) is 0 Å². The molecule has 0 rings (SSSR count). The minimum atomic E-state index is -4.67. The second kappa shape index (κ2) is 11.9. The van der Waals surface area contributed by atoms with Crippen molar-refractivity contribution in [3.8, 4) is 0 Å². The Kier molecular flexibility index (Phi) is 14.3. The number of aliphatic hydroxyl groups excluding tert-OH is 5. The van der Waals surface area contributed by atoms with Gasteiger partial charge in [-0.15, -0.1) is 0 Å². The van der Waals surface area contributed by atoms with Crippen molar-refractivity contribution in [2.75, 3.05) is 6.61 Å². The molecule has 0 aromatic heterocycles. The zero-order chi connectivity index (χ0) is 18.7. The molecule has 0 saturated heterocycles. The number of phosphoric acid groups is 1. The Morgan fingerprint density at radius 1 is 0.955 bits per heavy atom. The Hall–Kier alpha value is -0.550. The first kappa shape index (κ1) is 26.4. The standard InChI is InChI=1S/C6H12O6.H3O4P.H2O4S/c7-1-3(9)5(11)6(12)4(10)2-8;2*1-5(2,3)4/h1,3-6,8-12H,2H2;(H3,1,2,3,4);(H2,1,2,3,4). The van der Waals surface area contributed by atoms with E-state index in [2.05, 4.69) is 0 Å². The molecule has 0 radical (unpaired) electrons. The molecule has 14 nitrogen and oxygen atoms in total. The van der Waals surface area contributed by atoms with Crippen LogP contribution in [0.1, 0.15) is 0 Å². The summed E-state index contributed by atoms with van der Waals surface area (Å²) in [6.07, 6.45) is -6.84. The number of hydrogen-bond donors (Lipinski definition) is 10. The van der Waals surface area contributed by atoms with Gasteiger partial charge in [-0.25, -0.2) is 4.57 Å². The summed E-state index contributed by atoms with van der Waals surface area (Å²) >= 11 is 0. The van der Waals surface area contributed by atoms with Gasteiger partial charge in [0.2, 0.25) is 0 Å². The highest BCUT2D eigenvalue weighted by Crippen LogP contribution is 2.25. The Morgan fingerprint density at radius 3 is 1.41 bits per heavy atom. The van der Waals surface area contributed by atoms with Crippen LogP contribution < -0.4 is 0 Å². The first-order valence-electron chi connectivity index (χ1n) is 4.81. The minimum absolute atomic E-state index is 0.0258. The maximum Gasteiger partial charge on any atom is 0.466 e. The van der Waals surface area contributed by atoms with Crippen LogP contribution in [0.25, 0.3) is 0 Å². The van der Waals surface area contributed by atoms with Crippen molar-refractivity contribution in [3.63, 3.8) is 0 Å². The number of aliphatic hydroxyl groups is 5. The lowest BCUT2D eigenvalue weighted by molar-refractivity contribution is -0.136. The van der Waals surface area contributed by atoms with Crippen molar-refractivity contribution in [2.45, 2.75) is 24.4 Å². The van der Waals surface area contributed by atoms with Crippen LogP contribution in [0.2, 0.25) is 0 Å². The van der Waals surface area contributed by atoms with E-state index in [9.17, 15) is 4.79 Å². The molecular formula is C6H17O14PS. The highest BCUT2D eigenvalue weighted by molar-refractivity contribution is 7.79. The summed E-state index contributed by atoms with van der Waals surface area (Å²) in [5.41, 5.74) is 0. The predicted molar refractivity (Wildman–Crippen MR) is 65.6 cm³/mol. The van der Waals surface area contributed by atoms with E-state index in [1.807, 2.05) is 0 Å². The zero-order valence-corrected chi connectivity index (χ0v) is 12.3. The Morgan fingerprint density at radius 2 is 1.23 bits per heavy atom. The van der Waals surface area contributed by atoms with Crippen molar-refractivity contribution < 1.29 is 67.1 Å². The van der Waals surface area contributed by atoms with Gasteiger partial charge in [-0.05, 0) is 0 Å². The SMILES string of the molecule is O=CC(O)C(O)C(O)C(O)CO.O=P(O)(O)O.O=S(=O)(O)O. The molecule has 0 saturated carbocycles. The fourth-order valence-electron chi connectivity index (χ4n) is 0.618. The summed E-state index contributed by atoms with van der Waals surface area (Å²) in [5.74, 6) is 0. The van der Waals surface area contributed by atoms with Crippen LogP contribution in [0.3, 0.4) is 0 Å². The average molecular weight is 376 g/mol. The lowest BCUT2D eigenvalue weighted by Crippen LogP contribution is -2.46. The maximum absolute atomic E-state index is 9.90. The average Bonchev–Trinajstić information content (AvgIpc) is 2.30. The molecule has 0 bridgehead atoms. The molecule has 0 aromatic carbocycles. The molecule has 0 aliphatic heterocycles. The third kappa shape index (κ3) is 27.7. The Balaban J connectivity index is -0.000000298. The van der Waals surface area contributed by atoms with Gasteiger partial charge < -0.3 is 45.0 Å². The summed E-state index contributed by atoms with van der Waals surface area (Å²) in [5, 5.41) is 43.5. The van der Waals surface area contributed by atoms with Gasteiger partial charge in [-0.1, -0.05) is 0 Å². The fourth-order valence-corrected chi connectivity index (χ4v) is 0.618. The number of carbonyl (C=O) groups is 1. The monoisotopic (exact) mass is 376 g/mol. The molecule has 0 aromatic rings. The van der Waals surface area contributed by atoms with Gasteiger partial charge in [0.1, 0.15) is 24.4 Å². The lowest BCUT2D eigenvalue weighted by Gasteiger charge is -2.22. The summed E-state index contributed by atoms with van der Waals surface area (Å²) in [7, 11) is -9.31. The molecule has 0 amide bonds. The smallest absolute Gasteiger partial charge is 0.394 e. The van der Waals surface area contributed by atoms with Crippen LogP contribution in [0, 0.1) is 0 Å². The number of rotatable bonds is 5. The van der Waals surface area contributed by atoms with Crippen LogP contribution in [0.15, 0.2) is 0 Å². The van der Waals surface area contributed by atoms with E-state index in [0.717, 1.165) is 0 Å². The van der Waals surface area contributed by atoms with Crippen LogP contribution in [-0.4, -0.2) is 95.0 Å². The predicted octanol–water partition coefficient (Wildman–Crippen LogP) is -4.96. The van der Waals surface area contributed by atoms with Gasteiger partial charge >= 0.3 is 18.2 Å². The molecular weight excluding hydrogens is 359 g/mol. The van der Waals surface area contributed by atoms with Crippen molar-refractivity contribution in [3.05, 3.63) is 0 Å². The lowest BCUT2D eigenvalue weighted by atomic mass is 10.0. The van der Waals surface area contributed by atoms with Gasteiger partial charge in [0.05, 0.1) is 6.61 Å². The van der Waals surface area contributed by atoms with Gasteiger partial charge in [-0.3, -0.25) is 9.11 Å².